The quantitative estimate of drug-likeness (QED) is 0.467. The van der Waals surface area contributed by atoms with E-state index < -0.39 is 0 Å². The van der Waals surface area contributed by atoms with E-state index in [-0.39, 0.29) is 5.91 Å². The minimum absolute atomic E-state index is 0.114. The van der Waals surface area contributed by atoms with Gasteiger partial charge in [-0.2, -0.15) is 0 Å². The second kappa shape index (κ2) is 8.40. The van der Waals surface area contributed by atoms with Crippen molar-refractivity contribution in [2.24, 2.45) is 0 Å². The van der Waals surface area contributed by atoms with Gasteiger partial charge in [-0.05, 0) is 54.3 Å². The summed E-state index contributed by atoms with van der Waals surface area (Å²) in [5.74, 6) is 0.687. The highest BCUT2D eigenvalue weighted by molar-refractivity contribution is 7.22. The van der Waals surface area contributed by atoms with Crippen LogP contribution in [0.15, 0.2) is 66.7 Å². The maximum atomic E-state index is 13.0. The fourth-order valence-corrected chi connectivity index (χ4v) is 5.02. The number of fused-ring (bicyclic) bond motifs is 2. The predicted octanol–water partition coefficient (Wildman–Crippen LogP) is 5.32. The number of carbonyl (C=O) groups is 1. The van der Waals surface area contributed by atoms with Crippen LogP contribution in [-0.4, -0.2) is 24.5 Å². The maximum absolute atomic E-state index is 13.0. The lowest BCUT2D eigenvalue weighted by atomic mass is 10.0. The van der Waals surface area contributed by atoms with Gasteiger partial charge in [-0.3, -0.25) is 4.79 Å². The van der Waals surface area contributed by atoms with Gasteiger partial charge in [-0.1, -0.05) is 47.7 Å². The van der Waals surface area contributed by atoms with Crippen LogP contribution in [0.25, 0.3) is 10.2 Å². The summed E-state index contributed by atoms with van der Waals surface area (Å²) in [5, 5.41) is 3.96. The molecule has 1 N–H and O–H groups in total. The zero-order chi connectivity index (χ0) is 21.2. The van der Waals surface area contributed by atoms with Gasteiger partial charge in [-0.15, -0.1) is 0 Å². The first-order valence-corrected chi connectivity index (χ1v) is 11.2. The standard InChI is InChI=1S/C25H23N3O2S/c1-30-19-13-11-17(12-14-19)16-26-24(29)20-8-4-10-22-23(20)27-25(31-22)28-15-5-7-18-6-2-3-9-21(18)28/h2-4,6,8-14H,5,7,15-16H2,1H3,(H,26,29). The van der Waals surface area contributed by atoms with E-state index in [1.165, 1.54) is 11.3 Å². The average molecular weight is 430 g/mol. The summed E-state index contributed by atoms with van der Waals surface area (Å²) >= 11 is 1.64. The average Bonchev–Trinajstić information content (AvgIpc) is 3.26. The van der Waals surface area contributed by atoms with Gasteiger partial charge in [0.25, 0.3) is 5.91 Å². The number of ether oxygens (including phenoxy) is 1. The third-order valence-electron chi connectivity index (χ3n) is 5.61. The minimum atomic E-state index is -0.114. The van der Waals surface area contributed by atoms with Crippen molar-refractivity contribution in [1.82, 2.24) is 10.3 Å². The lowest BCUT2D eigenvalue weighted by molar-refractivity contribution is 0.0952. The molecule has 0 atom stereocenters. The largest absolute Gasteiger partial charge is 0.497 e. The number of nitrogens with zero attached hydrogens (tertiary/aromatic N) is 2. The van der Waals surface area contributed by atoms with Crippen LogP contribution >= 0.6 is 11.3 Å². The first-order valence-electron chi connectivity index (χ1n) is 10.4. The van der Waals surface area contributed by atoms with Crippen molar-refractivity contribution < 1.29 is 9.53 Å². The number of hydrogen-bond donors (Lipinski definition) is 1. The second-order valence-corrected chi connectivity index (χ2v) is 8.57. The van der Waals surface area contributed by atoms with Crippen LogP contribution < -0.4 is 15.0 Å². The smallest absolute Gasteiger partial charge is 0.253 e. The Morgan fingerprint density at radius 2 is 1.94 bits per heavy atom. The molecule has 0 radical (unpaired) electrons. The van der Waals surface area contributed by atoms with Gasteiger partial charge in [0.2, 0.25) is 0 Å². The molecule has 5 rings (SSSR count). The fraction of sp³-hybridized carbons (Fsp3) is 0.200. The van der Waals surface area contributed by atoms with Gasteiger partial charge in [0, 0.05) is 18.8 Å². The number of rotatable bonds is 5. The summed E-state index contributed by atoms with van der Waals surface area (Å²) < 4.78 is 6.21. The van der Waals surface area contributed by atoms with E-state index in [1.54, 1.807) is 18.4 Å². The Balaban J connectivity index is 1.40. The Kier molecular flexibility index (Phi) is 5.30. The Labute approximate surface area is 185 Å². The fourth-order valence-electron chi connectivity index (χ4n) is 3.99. The van der Waals surface area contributed by atoms with Gasteiger partial charge in [-0.25, -0.2) is 4.98 Å². The lowest BCUT2D eigenvalue weighted by Crippen LogP contribution is -2.24. The van der Waals surface area contributed by atoms with Crippen molar-refractivity contribution in [2.45, 2.75) is 19.4 Å². The number of nitrogens with one attached hydrogen (secondary N) is 1. The minimum Gasteiger partial charge on any atom is -0.497 e. The summed E-state index contributed by atoms with van der Waals surface area (Å²) in [6, 6.07) is 22.0. The molecule has 0 saturated heterocycles. The normalized spacial score (nSPS) is 13.1. The van der Waals surface area contributed by atoms with Crippen LogP contribution in [0, 0.1) is 0 Å². The first-order chi connectivity index (χ1) is 15.2. The molecule has 6 heteroatoms. The molecule has 156 valence electrons. The highest BCUT2D eigenvalue weighted by Crippen LogP contribution is 2.38. The molecular weight excluding hydrogens is 406 g/mol. The molecule has 3 aromatic carbocycles. The van der Waals surface area contributed by atoms with Crippen molar-refractivity contribution in [1.29, 1.82) is 0 Å². The summed E-state index contributed by atoms with van der Waals surface area (Å²) in [5.41, 5.74) is 4.96. The van der Waals surface area contributed by atoms with Crippen LogP contribution in [0.4, 0.5) is 10.8 Å². The summed E-state index contributed by atoms with van der Waals surface area (Å²) in [6.07, 6.45) is 2.19. The molecule has 2 heterocycles. The lowest BCUT2D eigenvalue weighted by Gasteiger charge is -2.28. The maximum Gasteiger partial charge on any atom is 0.253 e. The van der Waals surface area contributed by atoms with Crippen LogP contribution in [0.3, 0.4) is 0 Å². The number of thiazole rings is 1. The topological polar surface area (TPSA) is 54.5 Å². The van der Waals surface area contributed by atoms with Crippen molar-refractivity contribution >= 4 is 38.3 Å². The third-order valence-corrected chi connectivity index (χ3v) is 6.65. The zero-order valence-corrected chi connectivity index (χ0v) is 18.1. The number of para-hydroxylation sites is 2. The highest BCUT2D eigenvalue weighted by Gasteiger charge is 2.22. The molecule has 5 nitrogen and oxygen atoms in total. The summed E-state index contributed by atoms with van der Waals surface area (Å²) in [7, 11) is 1.64. The number of amides is 1. The van der Waals surface area contributed by atoms with Gasteiger partial charge in [0.1, 0.15) is 5.75 Å². The number of methoxy groups -OCH3 is 1. The number of anilines is 2. The number of carbonyl (C=O) groups excluding carboxylic acids is 1. The van der Waals surface area contributed by atoms with Crippen molar-refractivity contribution in [3.63, 3.8) is 0 Å². The molecule has 0 saturated carbocycles. The van der Waals surface area contributed by atoms with Gasteiger partial charge >= 0.3 is 0 Å². The molecule has 0 spiro atoms. The molecule has 1 aliphatic rings. The molecule has 4 aromatic rings. The van der Waals surface area contributed by atoms with E-state index in [9.17, 15) is 4.79 Å². The molecule has 0 aliphatic carbocycles. The van der Waals surface area contributed by atoms with Gasteiger partial charge in [0.15, 0.2) is 5.13 Å². The first kappa shape index (κ1) is 19.6. The zero-order valence-electron chi connectivity index (χ0n) is 17.3. The molecule has 1 aromatic heterocycles. The SMILES string of the molecule is COc1ccc(CNC(=O)c2cccc3sc(N4CCCc5ccccc54)nc23)cc1. The molecule has 1 aliphatic heterocycles. The number of aryl methyl sites for hydroxylation is 1. The number of aromatic nitrogens is 1. The molecular formula is C25H23N3O2S. The Bertz CT molecular complexity index is 1230. The van der Waals surface area contributed by atoms with Crippen LogP contribution in [0.5, 0.6) is 5.75 Å². The van der Waals surface area contributed by atoms with Crippen LogP contribution in [0.1, 0.15) is 27.9 Å². The van der Waals surface area contributed by atoms with E-state index >= 15 is 0 Å². The van der Waals surface area contributed by atoms with Crippen molar-refractivity contribution in [3.8, 4) is 5.75 Å². The summed E-state index contributed by atoms with van der Waals surface area (Å²) in [4.78, 5) is 20.1. The molecule has 0 fully saturated rings. The van der Waals surface area contributed by atoms with Crippen molar-refractivity contribution in [2.75, 3.05) is 18.6 Å². The molecule has 1 amide bonds. The second-order valence-electron chi connectivity index (χ2n) is 7.56. The van der Waals surface area contributed by atoms with E-state index in [2.05, 4.69) is 34.5 Å². The van der Waals surface area contributed by atoms with E-state index in [4.69, 9.17) is 9.72 Å². The van der Waals surface area contributed by atoms with Crippen LogP contribution in [0.2, 0.25) is 0 Å². The van der Waals surface area contributed by atoms with Gasteiger partial charge in [0.05, 0.1) is 22.9 Å². The predicted molar refractivity (Wildman–Crippen MR) is 126 cm³/mol. The van der Waals surface area contributed by atoms with E-state index in [1.807, 2.05) is 42.5 Å². The van der Waals surface area contributed by atoms with Crippen molar-refractivity contribution in [3.05, 3.63) is 83.4 Å². The third kappa shape index (κ3) is 3.86. The van der Waals surface area contributed by atoms with E-state index in [0.717, 1.165) is 46.0 Å². The highest BCUT2D eigenvalue weighted by atomic mass is 32.1. The Hall–Kier alpha value is -3.38. The Morgan fingerprint density at radius 1 is 1.10 bits per heavy atom. The Morgan fingerprint density at radius 3 is 2.77 bits per heavy atom. The van der Waals surface area contributed by atoms with Gasteiger partial charge < -0.3 is 15.0 Å². The van der Waals surface area contributed by atoms with Crippen LogP contribution in [-0.2, 0) is 13.0 Å². The molecule has 0 bridgehead atoms. The summed E-state index contributed by atoms with van der Waals surface area (Å²) in [6.45, 7) is 1.39. The molecule has 31 heavy (non-hydrogen) atoms. The number of hydrogen-bond acceptors (Lipinski definition) is 5. The number of benzene rings is 3. The molecule has 0 unspecified atom stereocenters. The monoisotopic (exact) mass is 429 g/mol. The van der Waals surface area contributed by atoms with E-state index in [0.29, 0.717) is 12.1 Å².